The smallest absolute Gasteiger partial charge is 0.317 e. The molecule has 0 aliphatic heterocycles. The molecule has 3 rings (SSSR count). The van der Waals surface area contributed by atoms with Gasteiger partial charge in [-0.1, -0.05) is 31.2 Å². The van der Waals surface area contributed by atoms with Gasteiger partial charge in [-0.15, -0.1) is 0 Å². The molecule has 7 nitrogen and oxygen atoms in total. The average molecular weight is 347 g/mol. The number of nitrogens with one attached hydrogen (secondary N) is 2. The van der Waals surface area contributed by atoms with Crippen LogP contribution in [0.25, 0.3) is 0 Å². The number of carboxylic acid groups (broad SMARTS) is 1. The van der Waals surface area contributed by atoms with E-state index in [1.54, 1.807) is 0 Å². The van der Waals surface area contributed by atoms with E-state index in [-0.39, 0.29) is 30.7 Å². The molecule has 1 fully saturated rings. The summed E-state index contributed by atoms with van der Waals surface area (Å²) in [7, 11) is 0. The fraction of sp³-hybridized carbons (Fsp3) is 0.556. The van der Waals surface area contributed by atoms with Gasteiger partial charge in [0.2, 0.25) is 0 Å². The third-order valence-electron chi connectivity index (χ3n) is 5.20. The van der Waals surface area contributed by atoms with Crippen LogP contribution in [-0.4, -0.2) is 58.4 Å². The van der Waals surface area contributed by atoms with E-state index in [2.05, 4.69) is 10.6 Å². The Morgan fingerprint density at radius 1 is 1.24 bits per heavy atom. The first-order chi connectivity index (χ1) is 12.0. The van der Waals surface area contributed by atoms with E-state index in [9.17, 15) is 14.7 Å². The van der Waals surface area contributed by atoms with Crippen molar-refractivity contribution in [3.8, 4) is 0 Å². The Morgan fingerprint density at radius 2 is 1.96 bits per heavy atom. The first-order valence-corrected chi connectivity index (χ1v) is 8.76. The molecule has 2 atom stereocenters. The van der Waals surface area contributed by atoms with E-state index < -0.39 is 12.1 Å². The van der Waals surface area contributed by atoms with Gasteiger partial charge in [0.05, 0.1) is 18.7 Å². The topological polar surface area (TPSA) is 102 Å². The highest BCUT2D eigenvalue weighted by Crippen LogP contribution is 2.31. The molecule has 2 unspecified atom stereocenters. The van der Waals surface area contributed by atoms with Crippen molar-refractivity contribution in [1.29, 1.82) is 0 Å². The summed E-state index contributed by atoms with van der Waals surface area (Å²) in [5.74, 6) is -0.829. The molecule has 2 aliphatic rings. The van der Waals surface area contributed by atoms with Crippen molar-refractivity contribution in [3.05, 3.63) is 35.4 Å². The number of hydrogen-bond acceptors (Lipinski definition) is 4. The van der Waals surface area contributed by atoms with Crippen LogP contribution in [0, 0.1) is 0 Å². The number of carbonyl (C=O) groups excluding carboxylic acids is 1. The monoisotopic (exact) mass is 347 g/mol. The molecule has 7 heteroatoms. The summed E-state index contributed by atoms with van der Waals surface area (Å²) in [6.45, 7) is 2.65. The van der Waals surface area contributed by atoms with Crippen molar-refractivity contribution in [2.45, 2.75) is 50.4 Å². The van der Waals surface area contributed by atoms with E-state index in [1.807, 2.05) is 36.1 Å². The molecule has 0 saturated heterocycles. The highest BCUT2D eigenvalue weighted by molar-refractivity contribution is 5.75. The lowest BCUT2D eigenvalue weighted by Crippen LogP contribution is -2.56. The lowest BCUT2D eigenvalue weighted by Gasteiger charge is -2.42. The number of aliphatic hydroxyl groups is 1. The number of nitrogens with zero attached hydrogens (tertiary/aromatic N) is 1. The average Bonchev–Trinajstić information content (AvgIpc) is 2.84. The van der Waals surface area contributed by atoms with Gasteiger partial charge in [-0.3, -0.25) is 9.69 Å². The standard InChI is InChI=1S/C18H25N3O4/c1-2-21(10-16(23)24)13-8-12(9-13)19-18(25)20-17-14-6-4-3-5-11(14)7-15(17)22/h3-6,12-13,15,17,22H,2,7-10H2,1H3,(H,23,24)(H2,19,20,25). The lowest BCUT2D eigenvalue weighted by molar-refractivity contribution is -0.139. The first kappa shape index (κ1) is 17.7. The molecule has 0 aromatic heterocycles. The third-order valence-corrected chi connectivity index (χ3v) is 5.20. The zero-order valence-corrected chi connectivity index (χ0v) is 14.3. The molecule has 4 N–H and O–H groups in total. The SMILES string of the molecule is CCN(CC(=O)O)C1CC(NC(=O)NC2c3ccccc3CC2O)C1. The Morgan fingerprint density at radius 3 is 2.64 bits per heavy atom. The molecule has 1 aromatic carbocycles. The number of carboxylic acids is 1. The Kier molecular flexibility index (Phi) is 5.24. The third kappa shape index (κ3) is 3.93. The van der Waals surface area contributed by atoms with Gasteiger partial charge in [-0.05, 0) is 30.5 Å². The summed E-state index contributed by atoms with van der Waals surface area (Å²) < 4.78 is 0. The molecule has 1 saturated carbocycles. The number of fused-ring (bicyclic) bond motifs is 1. The number of hydrogen-bond donors (Lipinski definition) is 4. The summed E-state index contributed by atoms with van der Waals surface area (Å²) in [6.07, 6.45) is 1.44. The number of amides is 2. The number of rotatable bonds is 6. The Bertz CT molecular complexity index is 645. The maximum absolute atomic E-state index is 12.2. The fourth-order valence-corrected chi connectivity index (χ4v) is 3.79. The normalized spacial score (nSPS) is 27.5. The van der Waals surface area contributed by atoms with Crippen LogP contribution in [0.2, 0.25) is 0 Å². The van der Waals surface area contributed by atoms with Crippen LogP contribution in [0.3, 0.4) is 0 Å². The van der Waals surface area contributed by atoms with Crippen LogP contribution in [-0.2, 0) is 11.2 Å². The maximum atomic E-state index is 12.2. The lowest BCUT2D eigenvalue weighted by atomic mass is 9.85. The number of carbonyl (C=O) groups is 2. The number of benzene rings is 1. The Hall–Kier alpha value is -2.12. The van der Waals surface area contributed by atoms with Gasteiger partial charge in [-0.25, -0.2) is 4.79 Å². The Balaban J connectivity index is 1.48. The van der Waals surface area contributed by atoms with Crippen molar-refractivity contribution in [2.75, 3.05) is 13.1 Å². The highest BCUT2D eigenvalue weighted by Gasteiger charge is 2.36. The number of urea groups is 1. The van der Waals surface area contributed by atoms with Gasteiger partial charge in [0.1, 0.15) is 0 Å². The van der Waals surface area contributed by atoms with Crippen LogP contribution >= 0.6 is 0 Å². The minimum absolute atomic E-state index is 0.0329. The maximum Gasteiger partial charge on any atom is 0.317 e. The highest BCUT2D eigenvalue weighted by atomic mass is 16.4. The molecule has 2 amide bonds. The molecular weight excluding hydrogens is 322 g/mol. The summed E-state index contributed by atoms with van der Waals surface area (Å²) >= 11 is 0. The van der Waals surface area contributed by atoms with Gasteiger partial charge in [0, 0.05) is 18.5 Å². The number of likely N-dealkylation sites (N-methyl/N-ethyl adjacent to an activating group) is 1. The predicted octanol–water partition coefficient (Wildman–Crippen LogP) is 0.881. The summed E-state index contributed by atoms with van der Waals surface area (Å²) in [5, 5.41) is 24.9. The van der Waals surface area contributed by atoms with E-state index in [4.69, 9.17) is 5.11 Å². The quantitative estimate of drug-likeness (QED) is 0.612. The fourth-order valence-electron chi connectivity index (χ4n) is 3.79. The summed E-state index contributed by atoms with van der Waals surface area (Å²) in [5.41, 5.74) is 2.03. The van der Waals surface area contributed by atoms with Gasteiger partial charge in [0.15, 0.2) is 0 Å². The van der Waals surface area contributed by atoms with Crippen molar-refractivity contribution < 1.29 is 19.8 Å². The van der Waals surface area contributed by atoms with E-state index in [1.165, 1.54) is 0 Å². The number of aliphatic hydroxyl groups excluding tert-OH is 1. The molecular formula is C18H25N3O4. The minimum Gasteiger partial charge on any atom is -0.480 e. The van der Waals surface area contributed by atoms with Gasteiger partial charge in [0.25, 0.3) is 0 Å². The zero-order valence-electron chi connectivity index (χ0n) is 14.3. The van der Waals surface area contributed by atoms with Gasteiger partial charge >= 0.3 is 12.0 Å². The van der Waals surface area contributed by atoms with Crippen LogP contribution in [0.4, 0.5) is 4.79 Å². The van der Waals surface area contributed by atoms with Gasteiger partial charge < -0.3 is 20.8 Å². The summed E-state index contributed by atoms with van der Waals surface area (Å²) in [6, 6.07) is 7.31. The van der Waals surface area contributed by atoms with Crippen molar-refractivity contribution in [2.24, 2.45) is 0 Å². The van der Waals surface area contributed by atoms with Crippen LogP contribution < -0.4 is 10.6 Å². The molecule has 0 radical (unpaired) electrons. The predicted molar refractivity (Wildman–Crippen MR) is 92.3 cm³/mol. The number of aliphatic carboxylic acids is 1. The van der Waals surface area contributed by atoms with Crippen LogP contribution in [0.5, 0.6) is 0 Å². The largest absolute Gasteiger partial charge is 0.480 e. The minimum atomic E-state index is -0.829. The summed E-state index contributed by atoms with van der Waals surface area (Å²) in [4.78, 5) is 25.0. The molecule has 0 spiro atoms. The van der Waals surface area contributed by atoms with Gasteiger partial charge in [-0.2, -0.15) is 0 Å². The van der Waals surface area contributed by atoms with Crippen molar-refractivity contribution in [3.63, 3.8) is 0 Å². The molecule has 25 heavy (non-hydrogen) atoms. The second kappa shape index (κ2) is 7.41. The van der Waals surface area contributed by atoms with Crippen LogP contribution in [0.1, 0.15) is 36.9 Å². The van der Waals surface area contributed by atoms with Crippen LogP contribution in [0.15, 0.2) is 24.3 Å². The Labute approximate surface area is 147 Å². The van der Waals surface area contributed by atoms with Crippen molar-refractivity contribution >= 4 is 12.0 Å². The molecule has 136 valence electrons. The first-order valence-electron chi connectivity index (χ1n) is 8.76. The van der Waals surface area contributed by atoms with E-state index in [0.29, 0.717) is 13.0 Å². The molecule has 0 bridgehead atoms. The zero-order chi connectivity index (χ0) is 18.0. The second-order valence-corrected chi connectivity index (χ2v) is 6.84. The molecule has 2 aliphatic carbocycles. The molecule has 0 heterocycles. The second-order valence-electron chi connectivity index (χ2n) is 6.84. The van der Waals surface area contributed by atoms with E-state index >= 15 is 0 Å². The molecule has 1 aromatic rings. The van der Waals surface area contributed by atoms with E-state index in [0.717, 1.165) is 24.0 Å². The van der Waals surface area contributed by atoms with Crippen molar-refractivity contribution in [1.82, 2.24) is 15.5 Å².